The van der Waals surface area contributed by atoms with E-state index in [-0.39, 0.29) is 17.9 Å². The highest BCUT2D eigenvalue weighted by atomic mass is 32.2. The van der Waals surface area contributed by atoms with Gasteiger partial charge in [-0.1, -0.05) is 6.92 Å². The maximum atomic E-state index is 11.6. The molecule has 2 atom stereocenters. The largest absolute Gasteiger partial charge is 0.385 e. The Morgan fingerprint density at radius 2 is 2.42 bits per heavy atom. The zero-order valence-corrected chi connectivity index (χ0v) is 11.6. The Hall–Kier alpha value is -1.39. The van der Waals surface area contributed by atoms with Gasteiger partial charge in [0, 0.05) is 6.54 Å². The molecule has 2 rings (SSSR count). The molecule has 1 aromatic rings. The third-order valence-corrected chi connectivity index (χ3v) is 5.35. The van der Waals surface area contributed by atoms with Gasteiger partial charge in [-0.2, -0.15) is 5.26 Å². The number of aryl methyl sites for hydroxylation is 1. The predicted octanol–water partition coefficient (Wildman–Crippen LogP) is 0.655. The molecule has 1 aromatic heterocycles. The molecule has 7 heteroatoms. The highest BCUT2D eigenvalue weighted by Gasteiger charge is 2.49. The first-order valence-corrected chi connectivity index (χ1v) is 8.06. The van der Waals surface area contributed by atoms with Gasteiger partial charge in [-0.25, -0.2) is 13.4 Å². The summed E-state index contributed by atoms with van der Waals surface area (Å²) in [5.41, 5.74) is -0.731. The minimum absolute atomic E-state index is 0.0421. The quantitative estimate of drug-likeness (QED) is 0.875. The van der Waals surface area contributed by atoms with E-state index < -0.39 is 21.4 Å². The van der Waals surface area contributed by atoms with Gasteiger partial charge in [0.2, 0.25) is 0 Å². The zero-order valence-electron chi connectivity index (χ0n) is 10.8. The molecule has 2 heterocycles. The van der Waals surface area contributed by atoms with Gasteiger partial charge in [0.15, 0.2) is 9.84 Å². The van der Waals surface area contributed by atoms with Crippen molar-refractivity contribution in [1.82, 2.24) is 9.55 Å². The van der Waals surface area contributed by atoms with Crippen molar-refractivity contribution in [2.45, 2.75) is 32.4 Å². The molecule has 0 spiro atoms. The number of nitrogens with zero attached hydrogens (tertiary/aromatic N) is 3. The lowest BCUT2D eigenvalue weighted by Crippen LogP contribution is -2.30. The van der Waals surface area contributed by atoms with Crippen LogP contribution in [-0.2, 0) is 16.4 Å². The van der Waals surface area contributed by atoms with Crippen LogP contribution in [0.5, 0.6) is 0 Å². The fourth-order valence-electron chi connectivity index (χ4n) is 2.51. The van der Waals surface area contributed by atoms with Crippen LogP contribution in [0.15, 0.2) is 12.5 Å². The molecule has 1 aliphatic heterocycles. The lowest BCUT2D eigenvalue weighted by molar-refractivity contribution is 0.0718. The molecule has 0 aromatic carbocycles. The highest BCUT2D eigenvalue weighted by molar-refractivity contribution is 7.91. The summed E-state index contributed by atoms with van der Waals surface area (Å²) in [4.78, 5) is 3.98. The van der Waals surface area contributed by atoms with Crippen molar-refractivity contribution in [1.29, 1.82) is 5.26 Å². The standard InChI is InChI=1S/C12H17N3O3S/c1-2-4-15-9-14-6-10(15)11(16)12(7-13)3-5-19(17,18)8-12/h6,9,11,16H,2-5,8H2,1H3. The number of nitriles is 1. The monoisotopic (exact) mass is 283 g/mol. The zero-order chi connectivity index (χ0) is 14.1. The third kappa shape index (κ3) is 2.51. The second-order valence-corrected chi connectivity index (χ2v) is 7.21. The van der Waals surface area contributed by atoms with Crippen molar-refractivity contribution in [2.75, 3.05) is 11.5 Å². The van der Waals surface area contributed by atoms with Crippen molar-refractivity contribution in [3.63, 3.8) is 0 Å². The van der Waals surface area contributed by atoms with Crippen LogP contribution >= 0.6 is 0 Å². The molecule has 0 saturated carbocycles. The van der Waals surface area contributed by atoms with E-state index in [1.165, 1.54) is 6.20 Å². The molecule has 1 saturated heterocycles. The summed E-state index contributed by atoms with van der Waals surface area (Å²) < 4.78 is 25.0. The molecule has 0 amide bonds. The number of hydrogen-bond acceptors (Lipinski definition) is 5. The van der Waals surface area contributed by atoms with Crippen LogP contribution in [-0.4, -0.2) is 34.6 Å². The Labute approximate surface area is 112 Å². The average molecular weight is 283 g/mol. The van der Waals surface area contributed by atoms with E-state index in [0.29, 0.717) is 12.2 Å². The van der Waals surface area contributed by atoms with E-state index in [9.17, 15) is 18.8 Å². The van der Waals surface area contributed by atoms with Crippen LogP contribution in [0, 0.1) is 16.7 Å². The van der Waals surface area contributed by atoms with Gasteiger partial charge in [0.1, 0.15) is 11.5 Å². The fourth-order valence-corrected chi connectivity index (χ4v) is 4.48. The summed E-state index contributed by atoms with van der Waals surface area (Å²) in [5, 5.41) is 19.8. The topological polar surface area (TPSA) is 96.0 Å². The van der Waals surface area contributed by atoms with Crippen LogP contribution in [0.2, 0.25) is 0 Å². The second-order valence-electron chi connectivity index (χ2n) is 5.02. The van der Waals surface area contributed by atoms with Gasteiger partial charge in [-0.05, 0) is 12.8 Å². The van der Waals surface area contributed by atoms with Crippen LogP contribution in [0.1, 0.15) is 31.6 Å². The molecular formula is C12H17N3O3S. The molecule has 1 fully saturated rings. The van der Waals surface area contributed by atoms with E-state index in [2.05, 4.69) is 4.98 Å². The normalized spacial score (nSPS) is 27.0. The number of hydrogen-bond donors (Lipinski definition) is 1. The van der Waals surface area contributed by atoms with E-state index in [0.717, 1.165) is 6.42 Å². The molecule has 1 aliphatic rings. The Bertz CT molecular complexity index is 602. The summed E-state index contributed by atoms with van der Waals surface area (Å²) in [6.07, 6.45) is 3.02. The van der Waals surface area contributed by atoms with E-state index in [1.54, 1.807) is 10.9 Å². The lowest BCUT2D eigenvalue weighted by atomic mass is 9.81. The second kappa shape index (κ2) is 4.94. The summed E-state index contributed by atoms with van der Waals surface area (Å²) in [6.45, 7) is 2.68. The number of sulfone groups is 1. The van der Waals surface area contributed by atoms with Crippen LogP contribution < -0.4 is 0 Å². The molecule has 0 radical (unpaired) electrons. The van der Waals surface area contributed by atoms with E-state index in [4.69, 9.17) is 0 Å². The SMILES string of the molecule is CCCn1cncc1C(O)C1(C#N)CCS(=O)(=O)C1. The van der Waals surface area contributed by atoms with Crippen molar-refractivity contribution in [3.05, 3.63) is 18.2 Å². The van der Waals surface area contributed by atoms with Crippen molar-refractivity contribution < 1.29 is 13.5 Å². The van der Waals surface area contributed by atoms with Gasteiger partial charge in [-0.15, -0.1) is 0 Å². The van der Waals surface area contributed by atoms with Crippen molar-refractivity contribution >= 4 is 9.84 Å². The number of aliphatic hydroxyl groups excluding tert-OH is 1. The van der Waals surface area contributed by atoms with Gasteiger partial charge in [0.05, 0.1) is 35.8 Å². The summed E-state index contributed by atoms with van der Waals surface area (Å²) in [5.74, 6) is -0.325. The summed E-state index contributed by atoms with van der Waals surface area (Å²) in [6, 6.07) is 2.02. The Kier molecular flexibility index (Phi) is 3.65. The Morgan fingerprint density at radius 1 is 1.68 bits per heavy atom. The molecule has 1 N–H and O–H groups in total. The van der Waals surface area contributed by atoms with Crippen molar-refractivity contribution in [3.8, 4) is 6.07 Å². The maximum Gasteiger partial charge on any atom is 0.152 e. The molecule has 0 bridgehead atoms. The third-order valence-electron chi connectivity index (χ3n) is 3.57. The Morgan fingerprint density at radius 3 is 2.95 bits per heavy atom. The number of imidazole rings is 1. The van der Waals surface area contributed by atoms with Gasteiger partial charge in [0.25, 0.3) is 0 Å². The Balaban J connectivity index is 2.35. The predicted molar refractivity (Wildman–Crippen MR) is 68.8 cm³/mol. The number of rotatable bonds is 4. The molecular weight excluding hydrogens is 266 g/mol. The minimum Gasteiger partial charge on any atom is -0.385 e. The number of aromatic nitrogens is 2. The van der Waals surface area contributed by atoms with Crippen LogP contribution in [0.4, 0.5) is 0 Å². The molecule has 2 unspecified atom stereocenters. The van der Waals surface area contributed by atoms with Gasteiger partial charge in [-0.3, -0.25) is 0 Å². The van der Waals surface area contributed by atoms with Crippen LogP contribution in [0.3, 0.4) is 0 Å². The molecule has 104 valence electrons. The first kappa shape index (κ1) is 14.0. The smallest absolute Gasteiger partial charge is 0.152 e. The average Bonchev–Trinajstić information content (AvgIpc) is 2.94. The van der Waals surface area contributed by atoms with E-state index in [1.807, 2.05) is 13.0 Å². The van der Waals surface area contributed by atoms with Gasteiger partial charge >= 0.3 is 0 Å². The maximum absolute atomic E-state index is 11.6. The first-order valence-electron chi connectivity index (χ1n) is 6.24. The fraction of sp³-hybridized carbons (Fsp3) is 0.667. The molecule has 0 aliphatic carbocycles. The summed E-state index contributed by atoms with van der Waals surface area (Å²) in [7, 11) is -3.24. The van der Waals surface area contributed by atoms with E-state index >= 15 is 0 Å². The lowest BCUT2D eigenvalue weighted by Gasteiger charge is -2.26. The number of aliphatic hydroxyl groups is 1. The first-order chi connectivity index (χ1) is 8.94. The van der Waals surface area contributed by atoms with Gasteiger partial charge < -0.3 is 9.67 Å². The highest BCUT2D eigenvalue weighted by Crippen LogP contribution is 2.42. The molecule has 19 heavy (non-hydrogen) atoms. The minimum atomic E-state index is -3.24. The van der Waals surface area contributed by atoms with Crippen molar-refractivity contribution in [2.24, 2.45) is 5.41 Å². The van der Waals surface area contributed by atoms with Crippen LogP contribution in [0.25, 0.3) is 0 Å². The summed E-state index contributed by atoms with van der Waals surface area (Å²) >= 11 is 0. The molecule has 6 nitrogen and oxygen atoms in total.